The van der Waals surface area contributed by atoms with E-state index in [4.69, 9.17) is 17.4 Å². The van der Waals surface area contributed by atoms with Crippen LogP contribution < -0.4 is 11.3 Å². The van der Waals surface area contributed by atoms with Crippen molar-refractivity contribution in [2.24, 2.45) is 5.84 Å². The minimum Gasteiger partial charge on any atom is -0.271 e. The molecular weight excluding hydrogens is 260 g/mol. The number of aryl methyl sites for hydroxylation is 2. The van der Waals surface area contributed by atoms with Crippen LogP contribution in [0.4, 0.5) is 0 Å². The molecule has 2 rings (SSSR count). The first-order valence-electron chi connectivity index (χ1n) is 4.89. The summed E-state index contributed by atoms with van der Waals surface area (Å²) in [5, 5.41) is 2.76. The Morgan fingerprint density at radius 2 is 2.19 bits per heavy atom. The highest BCUT2D eigenvalue weighted by Gasteiger charge is 2.19. The summed E-state index contributed by atoms with van der Waals surface area (Å²) in [6.07, 6.45) is 0. The Morgan fingerprint density at radius 3 is 2.62 bits per heavy atom. The first-order valence-corrected chi connectivity index (χ1v) is 6.97. The highest BCUT2D eigenvalue weighted by molar-refractivity contribution is 7.13. The highest BCUT2D eigenvalue weighted by atomic mass is 35.5. The van der Waals surface area contributed by atoms with Gasteiger partial charge in [0.2, 0.25) is 0 Å². The third-order valence-electron chi connectivity index (χ3n) is 2.54. The smallest absolute Gasteiger partial charge is 0.0909 e. The summed E-state index contributed by atoms with van der Waals surface area (Å²) in [6, 6.07) is 4.07. The molecule has 0 aromatic carbocycles. The Kier molecular flexibility index (Phi) is 3.66. The lowest BCUT2D eigenvalue weighted by Crippen LogP contribution is -2.27. The zero-order valence-electron chi connectivity index (χ0n) is 9.08. The van der Waals surface area contributed by atoms with Crippen LogP contribution in [0.25, 0.3) is 0 Å². The van der Waals surface area contributed by atoms with Crippen LogP contribution in [-0.2, 0) is 0 Å². The Balaban J connectivity index is 2.40. The average molecular weight is 273 g/mol. The molecule has 2 aromatic rings. The molecule has 1 unspecified atom stereocenters. The van der Waals surface area contributed by atoms with Gasteiger partial charge in [-0.2, -0.15) is 0 Å². The van der Waals surface area contributed by atoms with Gasteiger partial charge in [-0.3, -0.25) is 5.84 Å². The van der Waals surface area contributed by atoms with E-state index in [0.29, 0.717) is 0 Å². The molecular formula is C11H13ClN2S2. The molecule has 2 nitrogen and oxygen atoms in total. The number of hydrogen-bond acceptors (Lipinski definition) is 4. The SMILES string of the molecule is Cc1cc(C(NN)c2sccc2Cl)sc1C. The second-order valence-corrected chi connectivity index (χ2v) is 6.26. The van der Waals surface area contributed by atoms with Crippen LogP contribution in [0.1, 0.15) is 26.2 Å². The van der Waals surface area contributed by atoms with Crippen molar-refractivity contribution < 1.29 is 0 Å². The van der Waals surface area contributed by atoms with Gasteiger partial charge in [-0.15, -0.1) is 22.7 Å². The Morgan fingerprint density at radius 1 is 1.44 bits per heavy atom. The van der Waals surface area contributed by atoms with Gasteiger partial charge in [-0.05, 0) is 36.9 Å². The van der Waals surface area contributed by atoms with Crippen LogP contribution in [0.15, 0.2) is 17.5 Å². The molecule has 16 heavy (non-hydrogen) atoms. The van der Waals surface area contributed by atoms with Gasteiger partial charge in [0.25, 0.3) is 0 Å². The molecule has 2 aromatic heterocycles. The summed E-state index contributed by atoms with van der Waals surface area (Å²) in [4.78, 5) is 3.61. The van der Waals surface area contributed by atoms with Gasteiger partial charge in [0.05, 0.1) is 11.1 Å². The van der Waals surface area contributed by atoms with E-state index in [1.165, 1.54) is 15.3 Å². The minimum absolute atomic E-state index is 0.00454. The molecule has 3 N–H and O–H groups in total. The monoisotopic (exact) mass is 272 g/mol. The first kappa shape index (κ1) is 12.1. The summed E-state index contributed by atoms with van der Waals surface area (Å²) in [5.74, 6) is 5.63. The van der Waals surface area contributed by atoms with E-state index in [-0.39, 0.29) is 6.04 Å². The number of nitrogens with one attached hydrogen (secondary N) is 1. The second-order valence-electron chi connectivity index (χ2n) is 3.62. The fourth-order valence-electron chi connectivity index (χ4n) is 1.54. The van der Waals surface area contributed by atoms with Gasteiger partial charge in [-0.25, -0.2) is 5.43 Å². The highest BCUT2D eigenvalue weighted by Crippen LogP contribution is 2.36. The fourth-order valence-corrected chi connectivity index (χ4v) is 3.97. The van der Waals surface area contributed by atoms with E-state index in [1.807, 2.05) is 11.4 Å². The molecule has 0 saturated carbocycles. The van der Waals surface area contributed by atoms with E-state index < -0.39 is 0 Å². The molecule has 0 aliphatic rings. The predicted molar refractivity (Wildman–Crippen MR) is 72.3 cm³/mol. The van der Waals surface area contributed by atoms with Crippen molar-refractivity contribution in [3.05, 3.63) is 42.7 Å². The maximum Gasteiger partial charge on any atom is 0.0909 e. The molecule has 2 heterocycles. The van der Waals surface area contributed by atoms with Crippen molar-refractivity contribution >= 4 is 34.3 Å². The Labute approximate surface area is 108 Å². The fraction of sp³-hybridized carbons (Fsp3) is 0.273. The summed E-state index contributed by atoms with van der Waals surface area (Å²) in [7, 11) is 0. The van der Waals surface area contributed by atoms with Gasteiger partial charge in [0.15, 0.2) is 0 Å². The van der Waals surface area contributed by atoms with Gasteiger partial charge in [0, 0.05) is 14.6 Å². The van der Waals surface area contributed by atoms with E-state index in [0.717, 1.165) is 9.90 Å². The maximum absolute atomic E-state index is 6.13. The van der Waals surface area contributed by atoms with Crippen LogP contribution in [0.2, 0.25) is 5.02 Å². The average Bonchev–Trinajstić information content (AvgIpc) is 2.78. The molecule has 0 bridgehead atoms. The van der Waals surface area contributed by atoms with Crippen LogP contribution in [-0.4, -0.2) is 0 Å². The normalized spacial score (nSPS) is 13.0. The number of nitrogens with two attached hydrogens (primary N) is 1. The van der Waals surface area contributed by atoms with E-state index >= 15 is 0 Å². The van der Waals surface area contributed by atoms with Crippen molar-refractivity contribution in [3.8, 4) is 0 Å². The Bertz CT molecular complexity index is 470. The molecule has 0 amide bonds. The summed E-state index contributed by atoms with van der Waals surface area (Å²) in [5.41, 5.74) is 4.14. The lowest BCUT2D eigenvalue weighted by atomic mass is 10.2. The standard InChI is InChI=1S/C11H13ClN2S2/c1-6-5-9(16-7(6)2)10(14-13)11-8(12)3-4-15-11/h3-5,10,14H,13H2,1-2H3. The zero-order valence-corrected chi connectivity index (χ0v) is 11.5. The van der Waals surface area contributed by atoms with Crippen LogP contribution in [0.5, 0.6) is 0 Å². The maximum atomic E-state index is 6.13. The lowest BCUT2D eigenvalue weighted by Gasteiger charge is -2.12. The lowest BCUT2D eigenvalue weighted by molar-refractivity contribution is 0.656. The van der Waals surface area contributed by atoms with E-state index in [9.17, 15) is 0 Å². The number of hydrogen-bond donors (Lipinski definition) is 2. The van der Waals surface area contributed by atoms with Crippen molar-refractivity contribution in [1.29, 1.82) is 0 Å². The summed E-state index contributed by atoms with van der Waals surface area (Å²) >= 11 is 9.51. The quantitative estimate of drug-likeness (QED) is 0.661. The van der Waals surface area contributed by atoms with Crippen LogP contribution in [0, 0.1) is 13.8 Å². The topological polar surface area (TPSA) is 38.0 Å². The molecule has 1 atom stereocenters. The molecule has 0 radical (unpaired) electrons. The molecule has 0 saturated heterocycles. The second kappa shape index (κ2) is 4.85. The molecule has 5 heteroatoms. The van der Waals surface area contributed by atoms with Crippen molar-refractivity contribution in [2.75, 3.05) is 0 Å². The largest absolute Gasteiger partial charge is 0.271 e. The van der Waals surface area contributed by atoms with Crippen LogP contribution in [0.3, 0.4) is 0 Å². The number of rotatable bonds is 3. The molecule has 0 spiro atoms. The van der Waals surface area contributed by atoms with Crippen molar-refractivity contribution in [1.82, 2.24) is 5.43 Å². The Hall–Kier alpha value is -0.390. The van der Waals surface area contributed by atoms with E-state index in [2.05, 4.69) is 25.3 Å². The third-order valence-corrected chi connectivity index (χ3v) is 5.18. The molecule has 86 valence electrons. The summed E-state index contributed by atoms with van der Waals surface area (Å²) < 4.78 is 0. The summed E-state index contributed by atoms with van der Waals surface area (Å²) in [6.45, 7) is 4.23. The molecule has 0 aliphatic heterocycles. The van der Waals surface area contributed by atoms with E-state index in [1.54, 1.807) is 22.7 Å². The van der Waals surface area contributed by atoms with Crippen molar-refractivity contribution in [3.63, 3.8) is 0 Å². The van der Waals surface area contributed by atoms with Gasteiger partial charge in [0.1, 0.15) is 0 Å². The van der Waals surface area contributed by atoms with Gasteiger partial charge in [-0.1, -0.05) is 11.6 Å². The minimum atomic E-state index is 0.00454. The predicted octanol–water partition coefficient (Wildman–Crippen LogP) is 3.63. The third kappa shape index (κ3) is 2.17. The van der Waals surface area contributed by atoms with Crippen molar-refractivity contribution in [2.45, 2.75) is 19.9 Å². The first-order chi connectivity index (χ1) is 7.63. The molecule has 0 aliphatic carbocycles. The van der Waals surface area contributed by atoms with Gasteiger partial charge >= 0.3 is 0 Å². The van der Waals surface area contributed by atoms with Crippen LogP contribution >= 0.6 is 34.3 Å². The number of halogens is 1. The number of hydrazine groups is 1. The van der Waals surface area contributed by atoms with Gasteiger partial charge < -0.3 is 0 Å². The zero-order chi connectivity index (χ0) is 11.7. The molecule has 0 fully saturated rings. The number of thiophene rings is 2.